The minimum absolute atomic E-state index is 0.0138. The van der Waals surface area contributed by atoms with Crippen LogP contribution in [0.15, 0.2) is 103 Å². The van der Waals surface area contributed by atoms with Crippen LogP contribution in [0.2, 0.25) is 0 Å². The number of hydrogen-bond donors (Lipinski definition) is 4. The van der Waals surface area contributed by atoms with Gasteiger partial charge in [0.15, 0.2) is 5.82 Å². The average molecular weight is 734 g/mol. The summed E-state index contributed by atoms with van der Waals surface area (Å²) in [5.74, 6) is -0.883. The van der Waals surface area contributed by atoms with Crippen LogP contribution in [0, 0.1) is 5.92 Å². The van der Waals surface area contributed by atoms with Crippen molar-refractivity contribution in [1.82, 2.24) is 30.4 Å². The van der Waals surface area contributed by atoms with Crippen LogP contribution in [0.25, 0.3) is 11.1 Å². The summed E-state index contributed by atoms with van der Waals surface area (Å²) in [5, 5.41) is 11.7. The van der Waals surface area contributed by atoms with Crippen LogP contribution in [0.4, 0.5) is 10.6 Å². The van der Waals surface area contributed by atoms with Crippen LogP contribution in [-0.2, 0) is 24.7 Å². The van der Waals surface area contributed by atoms with Crippen molar-refractivity contribution >= 4 is 29.6 Å². The molecule has 4 amide bonds. The Morgan fingerprint density at radius 3 is 2.26 bits per heavy atom. The van der Waals surface area contributed by atoms with Gasteiger partial charge in [-0.15, -0.1) is 0 Å². The molecule has 2 aromatic carbocycles. The lowest BCUT2D eigenvalue weighted by atomic mass is 9.87. The Balaban J connectivity index is 1.25. The molecule has 0 saturated carbocycles. The van der Waals surface area contributed by atoms with Crippen LogP contribution in [0.1, 0.15) is 66.4 Å². The third-order valence-electron chi connectivity index (χ3n) is 10.2. The summed E-state index contributed by atoms with van der Waals surface area (Å²) in [6.07, 6.45) is 14.5. The number of allylic oxidation sites excluding steroid dienone is 2. The molecule has 3 aliphatic rings. The molecule has 1 fully saturated rings. The van der Waals surface area contributed by atoms with Gasteiger partial charge in [0, 0.05) is 25.2 Å². The minimum atomic E-state index is -1.41. The lowest BCUT2D eigenvalue weighted by molar-refractivity contribution is -0.137. The van der Waals surface area contributed by atoms with Gasteiger partial charge >= 0.3 is 6.09 Å². The quantitative estimate of drug-likeness (QED) is 0.199. The van der Waals surface area contributed by atoms with Crippen LogP contribution < -0.4 is 21.3 Å². The van der Waals surface area contributed by atoms with Crippen molar-refractivity contribution in [1.29, 1.82) is 0 Å². The highest BCUT2D eigenvalue weighted by atomic mass is 16.6. The Morgan fingerprint density at radius 2 is 1.57 bits per heavy atom. The summed E-state index contributed by atoms with van der Waals surface area (Å²) < 4.78 is 7.13. The number of rotatable bonds is 11. The van der Waals surface area contributed by atoms with E-state index in [1.165, 1.54) is 0 Å². The molecule has 3 heterocycles. The number of nitrogens with one attached hydrogen (secondary N) is 4. The van der Waals surface area contributed by atoms with E-state index in [4.69, 9.17) is 4.74 Å². The van der Waals surface area contributed by atoms with E-state index in [1.807, 2.05) is 84.8 Å². The molecule has 1 saturated heterocycles. The molecule has 0 spiro atoms. The second kappa shape index (κ2) is 15.4. The molecule has 2 aliphatic heterocycles. The van der Waals surface area contributed by atoms with Crippen molar-refractivity contribution in [3.05, 3.63) is 109 Å². The molecule has 0 bridgehead atoms. The molecule has 54 heavy (non-hydrogen) atoms. The first-order valence-corrected chi connectivity index (χ1v) is 18.6. The summed E-state index contributed by atoms with van der Waals surface area (Å²) in [6, 6.07) is 17.0. The number of aromatic nitrogens is 2. The Labute approximate surface area is 317 Å². The fraction of sp³-hybridized carbons (Fsp3) is 0.405. The maximum absolute atomic E-state index is 14.3. The van der Waals surface area contributed by atoms with Gasteiger partial charge in [0.2, 0.25) is 11.8 Å². The number of nitrogens with zero attached hydrogens (tertiary/aromatic N) is 3. The number of hydrogen-bond acceptors (Lipinski definition) is 7. The lowest BCUT2D eigenvalue weighted by Crippen LogP contribution is -2.59. The SMILES string of the molecule is CC(C)(C)OC(=O)NC(C)(C)C(=O)N[C@H](CC1=CNC2C=CC=CC12)C(=O)Nc1cn(C(C)(C(=O)N2CCCC2)c2ccc(-c3ccccc3)cc2)cn1. The Hall–Kier alpha value is -5.65. The number of likely N-dealkylation sites (tertiary alicyclic amines) is 1. The maximum Gasteiger partial charge on any atom is 0.408 e. The minimum Gasteiger partial charge on any atom is -0.444 e. The zero-order valence-corrected chi connectivity index (χ0v) is 31.9. The third kappa shape index (κ3) is 8.43. The first-order chi connectivity index (χ1) is 25.6. The Bertz CT molecular complexity index is 1950. The zero-order chi connectivity index (χ0) is 38.7. The van der Waals surface area contributed by atoms with E-state index >= 15 is 0 Å². The van der Waals surface area contributed by atoms with E-state index in [0.717, 1.165) is 35.1 Å². The molecule has 3 aromatic rings. The second-order valence-corrected chi connectivity index (χ2v) is 15.9. The summed E-state index contributed by atoms with van der Waals surface area (Å²) in [4.78, 5) is 61.2. The first-order valence-electron chi connectivity index (χ1n) is 18.6. The number of carbonyl (C=O) groups is 4. The topological polar surface area (TPSA) is 147 Å². The van der Waals surface area contributed by atoms with Crippen molar-refractivity contribution in [2.45, 2.75) is 89.6 Å². The lowest BCUT2D eigenvalue weighted by Gasteiger charge is -2.34. The van der Waals surface area contributed by atoms with Crippen LogP contribution >= 0.6 is 0 Å². The van der Waals surface area contributed by atoms with Gasteiger partial charge in [-0.05, 0) is 89.3 Å². The molecule has 12 heteroatoms. The van der Waals surface area contributed by atoms with Gasteiger partial charge < -0.3 is 35.5 Å². The van der Waals surface area contributed by atoms with Crippen LogP contribution in [0.3, 0.4) is 0 Å². The molecule has 6 rings (SSSR count). The normalized spacial score (nSPS) is 19.5. The molecule has 3 unspecified atom stereocenters. The highest BCUT2D eigenvalue weighted by Gasteiger charge is 2.42. The van der Waals surface area contributed by atoms with Crippen LogP contribution in [0.5, 0.6) is 0 Å². The van der Waals surface area contributed by atoms with Gasteiger partial charge in [0.1, 0.15) is 22.7 Å². The van der Waals surface area contributed by atoms with Crippen molar-refractivity contribution in [2.75, 3.05) is 18.4 Å². The number of carbonyl (C=O) groups excluding carboxylic acids is 4. The van der Waals surface area contributed by atoms with Crippen molar-refractivity contribution in [3.63, 3.8) is 0 Å². The van der Waals surface area contributed by atoms with E-state index in [2.05, 4.69) is 38.4 Å². The standard InChI is InChI=1S/C42H51N7O5/c1-40(2,3)54-39(53)47-41(4,5)37(51)45-34(24-30-25-43-33-17-11-10-16-32(30)33)36(50)46-35-26-49(27-44-35)42(6,38(52)48-22-12-13-23-48)31-20-18-29(19-21-31)28-14-8-7-9-15-28/h7-11,14-21,25-27,32-34,43H,12-13,22-24H2,1-6H3,(H,45,51)(H,46,50)(H,47,53)/t32?,33?,34-,42?/m1/s1. The van der Waals surface area contributed by atoms with Gasteiger partial charge in [-0.2, -0.15) is 0 Å². The number of imidazole rings is 1. The smallest absolute Gasteiger partial charge is 0.408 e. The monoisotopic (exact) mass is 733 g/mol. The summed E-state index contributed by atoms with van der Waals surface area (Å²) in [5.41, 5.74) is 0.501. The molecule has 4 N–H and O–H groups in total. The number of amides is 4. The number of fused-ring (bicyclic) bond motifs is 1. The third-order valence-corrected chi connectivity index (χ3v) is 10.2. The first kappa shape index (κ1) is 38.1. The highest BCUT2D eigenvalue weighted by Crippen LogP contribution is 2.33. The second-order valence-electron chi connectivity index (χ2n) is 15.9. The van der Waals surface area contributed by atoms with E-state index < -0.39 is 40.6 Å². The molecule has 12 nitrogen and oxygen atoms in total. The van der Waals surface area contributed by atoms with E-state index in [0.29, 0.717) is 13.1 Å². The fourth-order valence-corrected chi connectivity index (χ4v) is 7.09. The van der Waals surface area contributed by atoms with Crippen molar-refractivity contribution in [2.24, 2.45) is 5.92 Å². The Kier molecular flexibility index (Phi) is 10.8. The average Bonchev–Trinajstić information content (AvgIpc) is 3.93. The van der Waals surface area contributed by atoms with Crippen LogP contribution in [-0.4, -0.2) is 74.6 Å². The maximum atomic E-state index is 14.3. The summed E-state index contributed by atoms with van der Waals surface area (Å²) in [7, 11) is 0. The van der Waals surface area contributed by atoms with Gasteiger partial charge in [-0.1, -0.05) is 78.9 Å². The van der Waals surface area contributed by atoms with Gasteiger partial charge in [0.25, 0.3) is 5.91 Å². The van der Waals surface area contributed by atoms with Crippen molar-refractivity contribution in [3.8, 4) is 11.1 Å². The predicted octanol–water partition coefficient (Wildman–Crippen LogP) is 5.65. The molecule has 1 aliphatic carbocycles. The van der Waals surface area contributed by atoms with Crippen molar-refractivity contribution < 1.29 is 23.9 Å². The van der Waals surface area contributed by atoms with Gasteiger partial charge in [-0.25, -0.2) is 9.78 Å². The summed E-state index contributed by atoms with van der Waals surface area (Å²) in [6.45, 7) is 11.5. The number of ether oxygens (including phenoxy) is 1. The van der Waals surface area contributed by atoms with E-state index in [9.17, 15) is 19.2 Å². The fourth-order valence-electron chi connectivity index (χ4n) is 7.09. The van der Waals surface area contributed by atoms with E-state index in [-0.39, 0.29) is 30.1 Å². The summed E-state index contributed by atoms with van der Waals surface area (Å²) >= 11 is 0. The molecule has 0 radical (unpaired) electrons. The predicted molar refractivity (Wildman–Crippen MR) is 208 cm³/mol. The van der Waals surface area contributed by atoms with Gasteiger partial charge in [-0.3, -0.25) is 14.4 Å². The molecule has 1 aromatic heterocycles. The zero-order valence-electron chi connectivity index (χ0n) is 31.9. The number of alkyl carbamates (subject to hydrolysis) is 1. The largest absolute Gasteiger partial charge is 0.444 e. The molecular formula is C42H51N7O5. The van der Waals surface area contributed by atoms with E-state index in [1.54, 1.807) is 51.7 Å². The number of anilines is 1. The molecule has 284 valence electrons. The molecular weight excluding hydrogens is 683 g/mol. The highest BCUT2D eigenvalue weighted by molar-refractivity contribution is 5.99. The molecule has 4 atom stereocenters. The number of benzene rings is 2. The Morgan fingerprint density at radius 1 is 0.907 bits per heavy atom. The van der Waals surface area contributed by atoms with Gasteiger partial charge in [0.05, 0.1) is 12.4 Å².